The number of hydrogen-bond donors (Lipinski definition) is 0. The van der Waals surface area contributed by atoms with Crippen molar-refractivity contribution in [1.82, 2.24) is 0 Å². The zero-order valence-electron chi connectivity index (χ0n) is 8.68. The molecule has 1 aromatic carbocycles. The first-order valence-corrected chi connectivity index (χ1v) is 4.56. The number of esters is 1. The van der Waals surface area contributed by atoms with E-state index in [9.17, 15) is 22.4 Å². The predicted molar refractivity (Wildman–Crippen MR) is 49.0 cm³/mol. The van der Waals surface area contributed by atoms with E-state index in [4.69, 9.17) is 0 Å². The van der Waals surface area contributed by atoms with Gasteiger partial charge in [0.15, 0.2) is 0 Å². The predicted octanol–water partition coefficient (Wildman–Crippen LogP) is 2.90. The molecule has 0 aromatic heterocycles. The van der Waals surface area contributed by atoms with Gasteiger partial charge in [0.25, 0.3) is 0 Å². The Morgan fingerprint density at radius 2 is 2.00 bits per heavy atom. The van der Waals surface area contributed by atoms with Gasteiger partial charge in [-0.25, -0.2) is 9.18 Å². The first kappa shape index (κ1) is 13.3. The van der Waals surface area contributed by atoms with Crippen LogP contribution in [0.3, 0.4) is 0 Å². The van der Waals surface area contributed by atoms with Gasteiger partial charge in [-0.2, -0.15) is 0 Å². The molecule has 0 amide bonds. The lowest BCUT2D eigenvalue weighted by atomic mass is 10.2. The summed E-state index contributed by atoms with van der Waals surface area (Å²) in [5.41, 5.74) is -0.481. The van der Waals surface area contributed by atoms with Crippen LogP contribution in [0.4, 0.5) is 17.6 Å². The normalized spacial score (nSPS) is 11.1. The van der Waals surface area contributed by atoms with Gasteiger partial charge in [-0.05, 0) is 19.1 Å². The fraction of sp³-hybridized carbons (Fsp3) is 0.300. The molecule has 0 atom stereocenters. The van der Waals surface area contributed by atoms with Crippen LogP contribution < -0.4 is 4.74 Å². The summed E-state index contributed by atoms with van der Waals surface area (Å²) in [6.45, 7) is 1.48. The zero-order chi connectivity index (χ0) is 13.1. The molecule has 94 valence electrons. The average molecular weight is 252 g/mol. The molecule has 1 aromatic rings. The molecule has 0 aliphatic rings. The third kappa shape index (κ3) is 3.93. The number of carbonyl (C=O) groups excluding carboxylic acids is 1. The third-order valence-corrected chi connectivity index (χ3v) is 1.66. The molecule has 0 saturated carbocycles. The minimum Gasteiger partial charge on any atom is -0.462 e. The lowest BCUT2D eigenvalue weighted by molar-refractivity contribution is -0.274. The molecule has 7 heteroatoms. The molecule has 0 aliphatic heterocycles. The molecule has 0 N–H and O–H groups in total. The van der Waals surface area contributed by atoms with E-state index in [1.54, 1.807) is 0 Å². The second-order valence-electron chi connectivity index (χ2n) is 2.91. The molecule has 0 bridgehead atoms. The number of hydrogen-bond acceptors (Lipinski definition) is 3. The van der Waals surface area contributed by atoms with Crippen LogP contribution in [0.25, 0.3) is 0 Å². The van der Waals surface area contributed by atoms with Gasteiger partial charge in [0, 0.05) is 6.07 Å². The van der Waals surface area contributed by atoms with Crippen LogP contribution in [-0.4, -0.2) is 18.9 Å². The first-order chi connectivity index (χ1) is 7.83. The largest absolute Gasteiger partial charge is 0.573 e. The van der Waals surface area contributed by atoms with Gasteiger partial charge >= 0.3 is 12.3 Å². The zero-order valence-corrected chi connectivity index (χ0v) is 8.68. The smallest absolute Gasteiger partial charge is 0.462 e. The molecule has 0 fully saturated rings. The highest BCUT2D eigenvalue weighted by atomic mass is 19.4. The summed E-state index contributed by atoms with van der Waals surface area (Å²) in [5, 5.41) is 0. The van der Waals surface area contributed by atoms with Gasteiger partial charge < -0.3 is 9.47 Å². The Morgan fingerprint density at radius 3 is 2.53 bits per heavy atom. The Labute approximate surface area is 93.9 Å². The van der Waals surface area contributed by atoms with Crippen LogP contribution in [0, 0.1) is 5.82 Å². The quantitative estimate of drug-likeness (QED) is 0.613. The van der Waals surface area contributed by atoms with Crippen molar-refractivity contribution in [3.05, 3.63) is 29.6 Å². The highest BCUT2D eigenvalue weighted by Crippen LogP contribution is 2.27. The van der Waals surface area contributed by atoms with E-state index in [1.165, 1.54) is 6.92 Å². The fourth-order valence-corrected chi connectivity index (χ4v) is 1.08. The van der Waals surface area contributed by atoms with Crippen molar-refractivity contribution in [2.75, 3.05) is 6.61 Å². The molecule has 0 radical (unpaired) electrons. The minimum absolute atomic E-state index is 0.0122. The third-order valence-electron chi connectivity index (χ3n) is 1.66. The summed E-state index contributed by atoms with van der Waals surface area (Å²) in [7, 11) is 0. The minimum atomic E-state index is -5.00. The number of halogens is 4. The average Bonchev–Trinajstić information content (AvgIpc) is 2.15. The van der Waals surface area contributed by atoms with Crippen molar-refractivity contribution < 1.29 is 31.8 Å². The van der Waals surface area contributed by atoms with Crippen LogP contribution in [0.2, 0.25) is 0 Å². The molecule has 0 unspecified atom stereocenters. The maximum absolute atomic E-state index is 12.8. The van der Waals surface area contributed by atoms with Crippen LogP contribution in [0.5, 0.6) is 5.75 Å². The maximum atomic E-state index is 12.8. The van der Waals surface area contributed by atoms with Crippen LogP contribution in [-0.2, 0) is 4.74 Å². The maximum Gasteiger partial charge on any atom is 0.573 e. The Bertz CT molecular complexity index is 415. The first-order valence-electron chi connectivity index (χ1n) is 4.56. The Kier molecular flexibility index (Phi) is 3.93. The van der Waals surface area contributed by atoms with Crippen LogP contribution in [0.1, 0.15) is 17.3 Å². The molecular weight excluding hydrogens is 244 g/mol. The summed E-state index contributed by atoms with van der Waals surface area (Å²) in [4.78, 5) is 11.3. The van der Waals surface area contributed by atoms with Crippen molar-refractivity contribution in [1.29, 1.82) is 0 Å². The van der Waals surface area contributed by atoms with Crippen molar-refractivity contribution >= 4 is 5.97 Å². The molecule has 17 heavy (non-hydrogen) atoms. The van der Waals surface area contributed by atoms with Gasteiger partial charge in [-0.1, -0.05) is 0 Å². The van der Waals surface area contributed by atoms with Gasteiger partial charge in [0.05, 0.1) is 6.61 Å². The SMILES string of the molecule is CCOC(=O)c1ccc(F)cc1OC(F)(F)F. The molecule has 0 aliphatic carbocycles. The second-order valence-corrected chi connectivity index (χ2v) is 2.91. The Morgan fingerprint density at radius 1 is 1.35 bits per heavy atom. The summed E-state index contributed by atoms with van der Waals surface area (Å²) in [5.74, 6) is -2.88. The van der Waals surface area contributed by atoms with Crippen LogP contribution in [0.15, 0.2) is 18.2 Å². The van der Waals surface area contributed by atoms with E-state index >= 15 is 0 Å². The van der Waals surface area contributed by atoms with Gasteiger partial charge in [0.2, 0.25) is 0 Å². The lowest BCUT2D eigenvalue weighted by Crippen LogP contribution is -2.19. The van der Waals surface area contributed by atoms with Gasteiger partial charge in [-0.15, -0.1) is 13.2 Å². The summed E-state index contributed by atoms with van der Waals surface area (Å²) in [6, 6.07) is 2.18. The summed E-state index contributed by atoms with van der Waals surface area (Å²) >= 11 is 0. The lowest BCUT2D eigenvalue weighted by Gasteiger charge is -2.12. The molecule has 1 rings (SSSR count). The highest BCUT2D eigenvalue weighted by molar-refractivity contribution is 5.92. The van der Waals surface area contributed by atoms with E-state index in [1.807, 2.05) is 0 Å². The number of carbonyl (C=O) groups is 1. The number of alkyl halides is 3. The summed E-state index contributed by atoms with van der Waals surface area (Å²) < 4.78 is 56.8. The Balaban J connectivity index is 3.08. The van der Waals surface area contributed by atoms with E-state index in [0.717, 1.165) is 12.1 Å². The highest BCUT2D eigenvalue weighted by Gasteiger charge is 2.33. The number of ether oxygens (including phenoxy) is 2. The van der Waals surface area contributed by atoms with Gasteiger partial charge in [-0.3, -0.25) is 0 Å². The standard InChI is InChI=1S/C10H8F4O3/c1-2-16-9(15)7-4-3-6(11)5-8(7)17-10(12,13)14/h3-5H,2H2,1H3. The van der Waals surface area contributed by atoms with E-state index in [0.29, 0.717) is 6.07 Å². The van der Waals surface area contributed by atoms with E-state index < -0.39 is 29.5 Å². The van der Waals surface area contributed by atoms with E-state index in [2.05, 4.69) is 9.47 Å². The van der Waals surface area contributed by atoms with Crippen molar-refractivity contribution in [3.63, 3.8) is 0 Å². The van der Waals surface area contributed by atoms with Crippen molar-refractivity contribution in [2.45, 2.75) is 13.3 Å². The van der Waals surface area contributed by atoms with Crippen molar-refractivity contribution in [2.24, 2.45) is 0 Å². The number of rotatable bonds is 3. The van der Waals surface area contributed by atoms with Crippen molar-refractivity contribution in [3.8, 4) is 5.75 Å². The molecule has 3 nitrogen and oxygen atoms in total. The second kappa shape index (κ2) is 5.03. The molecular formula is C10H8F4O3. The molecule has 0 heterocycles. The Hall–Kier alpha value is -1.79. The van der Waals surface area contributed by atoms with E-state index in [-0.39, 0.29) is 6.61 Å². The van der Waals surface area contributed by atoms with Crippen LogP contribution >= 0.6 is 0 Å². The molecule has 0 spiro atoms. The van der Waals surface area contributed by atoms with Gasteiger partial charge in [0.1, 0.15) is 17.1 Å². The monoisotopic (exact) mass is 252 g/mol. The fourth-order valence-electron chi connectivity index (χ4n) is 1.08. The molecule has 0 saturated heterocycles. The summed E-state index contributed by atoms with van der Waals surface area (Å²) in [6.07, 6.45) is -5.00. The topological polar surface area (TPSA) is 35.5 Å². The number of benzene rings is 1.